The van der Waals surface area contributed by atoms with E-state index in [2.05, 4.69) is 5.32 Å². The fraction of sp³-hybridized carbons (Fsp3) is 0.130. The second-order valence-corrected chi connectivity index (χ2v) is 6.27. The number of nitriles is 1. The number of carbonyl (C=O) groups is 1. The number of hydrogen-bond donors (Lipinski definition) is 1. The summed E-state index contributed by atoms with van der Waals surface area (Å²) in [5.74, 6) is 1.18. The van der Waals surface area contributed by atoms with E-state index in [4.69, 9.17) is 9.15 Å². The van der Waals surface area contributed by atoms with Gasteiger partial charge in [-0.3, -0.25) is 10.1 Å². The van der Waals surface area contributed by atoms with Crippen molar-refractivity contribution in [1.29, 1.82) is 5.26 Å². The van der Waals surface area contributed by atoms with E-state index in [1.165, 1.54) is 6.08 Å². The second-order valence-electron chi connectivity index (χ2n) is 6.27. The van der Waals surface area contributed by atoms with E-state index in [-0.39, 0.29) is 11.8 Å². The summed E-state index contributed by atoms with van der Waals surface area (Å²) < 4.78 is 11.2. The number of furan rings is 1. The molecule has 1 N–H and O–H groups in total. The molecule has 0 aliphatic carbocycles. The first-order valence-corrected chi connectivity index (χ1v) is 8.83. The van der Waals surface area contributed by atoms with E-state index in [0.29, 0.717) is 17.9 Å². The summed E-state index contributed by atoms with van der Waals surface area (Å²) >= 11 is 0. The van der Waals surface area contributed by atoms with Crippen LogP contribution in [0.5, 0.6) is 5.75 Å². The van der Waals surface area contributed by atoms with Crippen molar-refractivity contribution >= 4 is 17.9 Å². The third kappa shape index (κ3) is 4.68. The lowest BCUT2D eigenvalue weighted by Gasteiger charge is -2.06. The van der Waals surface area contributed by atoms with Gasteiger partial charge in [-0.25, -0.2) is 0 Å². The summed E-state index contributed by atoms with van der Waals surface area (Å²) in [5.41, 5.74) is 3.03. The van der Waals surface area contributed by atoms with Crippen molar-refractivity contribution in [2.45, 2.75) is 20.5 Å². The van der Waals surface area contributed by atoms with E-state index >= 15 is 0 Å². The van der Waals surface area contributed by atoms with E-state index in [1.807, 2.05) is 60.7 Å². The predicted molar refractivity (Wildman–Crippen MR) is 108 cm³/mol. The Morgan fingerprint density at radius 3 is 2.54 bits per heavy atom. The van der Waals surface area contributed by atoms with Crippen molar-refractivity contribution in [3.63, 3.8) is 0 Å². The Morgan fingerprint density at radius 2 is 1.86 bits per heavy atom. The highest BCUT2D eigenvalue weighted by atomic mass is 16.5. The predicted octanol–water partition coefficient (Wildman–Crippen LogP) is 5.00. The van der Waals surface area contributed by atoms with Crippen LogP contribution in [0.4, 0.5) is 5.88 Å². The normalized spacial score (nSPS) is 10.6. The first kappa shape index (κ1) is 19.0. The molecule has 0 saturated carbocycles. The van der Waals surface area contributed by atoms with Gasteiger partial charge in [0.2, 0.25) is 5.88 Å². The number of aryl methyl sites for hydroxylation is 1. The molecule has 0 spiro atoms. The molecule has 0 bridgehead atoms. The quantitative estimate of drug-likeness (QED) is 0.618. The van der Waals surface area contributed by atoms with E-state index < -0.39 is 0 Å². The Hall–Kier alpha value is -3.78. The number of nitrogens with zero attached hydrogens (tertiary/aromatic N) is 1. The highest BCUT2D eigenvalue weighted by Crippen LogP contribution is 2.25. The smallest absolute Gasteiger partial charge is 0.250 e. The van der Waals surface area contributed by atoms with Gasteiger partial charge in [-0.1, -0.05) is 42.5 Å². The molecular formula is C23H20N2O3. The fourth-order valence-electron chi connectivity index (χ4n) is 2.59. The summed E-state index contributed by atoms with van der Waals surface area (Å²) in [6.07, 6.45) is 3.08. The molecule has 5 heteroatoms. The number of carbonyl (C=O) groups excluding carboxylic acids is 1. The molecule has 0 aliphatic rings. The van der Waals surface area contributed by atoms with Crippen LogP contribution in [-0.4, -0.2) is 5.91 Å². The first-order chi connectivity index (χ1) is 13.6. The molecule has 2 aromatic carbocycles. The maximum Gasteiger partial charge on any atom is 0.250 e. The van der Waals surface area contributed by atoms with Gasteiger partial charge in [-0.05, 0) is 43.2 Å². The number of hydrogen-bond acceptors (Lipinski definition) is 4. The number of anilines is 1. The molecule has 0 aliphatic heterocycles. The molecule has 5 nitrogen and oxygen atoms in total. The van der Waals surface area contributed by atoms with Crippen LogP contribution in [0, 0.1) is 25.2 Å². The van der Waals surface area contributed by atoms with Crippen molar-refractivity contribution in [3.8, 4) is 11.8 Å². The molecule has 3 rings (SSSR count). The average Bonchev–Trinajstić information content (AvgIpc) is 2.99. The average molecular weight is 372 g/mol. The van der Waals surface area contributed by atoms with Gasteiger partial charge < -0.3 is 9.15 Å². The van der Waals surface area contributed by atoms with Crippen molar-refractivity contribution in [3.05, 3.63) is 88.7 Å². The zero-order valence-corrected chi connectivity index (χ0v) is 15.7. The summed E-state index contributed by atoms with van der Waals surface area (Å²) in [7, 11) is 0. The lowest BCUT2D eigenvalue weighted by Crippen LogP contribution is -2.08. The Kier molecular flexibility index (Phi) is 5.93. The van der Waals surface area contributed by atoms with Crippen molar-refractivity contribution in [2.75, 3.05) is 5.32 Å². The van der Waals surface area contributed by atoms with Crippen LogP contribution in [0.3, 0.4) is 0 Å². The van der Waals surface area contributed by atoms with E-state index in [0.717, 1.165) is 22.4 Å². The maximum atomic E-state index is 12.1. The molecule has 0 radical (unpaired) electrons. The van der Waals surface area contributed by atoms with Crippen LogP contribution in [0.1, 0.15) is 28.0 Å². The molecule has 0 fully saturated rings. The van der Waals surface area contributed by atoms with Crippen molar-refractivity contribution < 1.29 is 13.9 Å². The number of nitrogens with one attached hydrogen (secondary N) is 1. The van der Waals surface area contributed by atoms with Gasteiger partial charge in [0.25, 0.3) is 5.91 Å². The van der Waals surface area contributed by atoms with Crippen molar-refractivity contribution in [2.24, 2.45) is 0 Å². The topological polar surface area (TPSA) is 75.3 Å². The van der Waals surface area contributed by atoms with Crippen molar-refractivity contribution in [1.82, 2.24) is 0 Å². The fourth-order valence-corrected chi connectivity index (χ4v) is 2.59. The summed E-state index contributed by atoms with van der Waals surface area (Å²) in [5, 5.41) is 11.8. The van der Waals surface area contributed by atoms with Crippen LogP contribution >= 0.6 is 0 Å². The van der Waals surface area contributed by atoms with Gasteiger partial charge in [0.15, 0.2) is 0 Å². The van der Waals surface area contributed by atoms with Gasteiger partial charge in [-0.15, -0.1) is 0 Å². The van der Waals surface area contributed by atoms with Gasteiger partial charge in [-0.2, -0.15) is 5.26 Å². The minimum absolute atomic E-state index is 0.178. The molecule has 140 valence electrons. The van der Waals surface area contributed by atoms with E-state index in [1.54, 1.807) is 19.9 Å². The number of amides is 1. The Morgan fingerprint density at radius 1 is 1.14 bits per heavy atom. The Balaban J connectivity index is 1.57. The SMILES string of the molecule is Cc1oc(NC(=O)/C=C/c2ccc(OCc3ccccc3)cc2)c(C#N)c1C. The number of ether oxygens (including phenoxy) is 1. The lowest BCUT2D eigenvalue weighted by atomic mass is 10.2. The Bertz CT molecular complexity index is 1030. The molecule has 28 heavy (non-hydrogen) atoms. The van der Waals surface area contributed by atoms with E-state index in [9.17, 15) is 10.1 Å². The monoisotopic (exact) mass is 372 g/mol. The second kappa shape index (κ2) is 8.74. The molecule has 0 unspecified atom stereocenters. The number of rotatable bonds is 6. The number of benzene rings is 2. The minimum Gasteiger partial charge on any atom is -0.489 e. The zero-order chi connectivity index (χ0) is 19.9. The van der Waals surface area contributed by atoms with Crippen LogP contribution in [0.25, 0.3) is 6.08 Å². The lowest BCUT2D eigenvalue weighted by molar-refractivity contribution is -0.111. The molecular weight excluding hydrogens is 352 g/mol. The molecule has 3 aromatic rings. The zero-order valence-electron chi connectivity index (χ0n) is 15.7. The highest BCUT2D eigenvalue weighted by molar-refractivity contribution is 6.01. The van der Waals surface area contributed by atoms with Crippen LogP contribution in [0.15, 0.2) is 65.1 Å². The largest absolute Gasteiger partial charge is 0.489 e. The maximum absolute atomic E-state index is 12.1. The van der Waals surface area contributed by atoms with Crippen LogP contribution < -0.4 is 10.1 Å². The third-order valence-corrected chi connectivity index (χ3v) is 4.29. The summed E-state index contributed by atoms with van der Waals surface area (Å²) in [6, 6.07) is 19.4. The molecule has 1 amide bonds. The standard InChI is InChI=1S/C23H20N2O3/c1-16-17(2)28-23(21(16)14-24)25-22(26)13-10-18-8-11-20(12-9-18)27-15-19-6-4-3-5-7-19/h3-13H,15H2,1-2H3,(H,25,26)/b13-10+. The van der Waals surface area contributed by atoms with Gasteiger partial charge in [0, 0.05) is 11.6 Å². The summed E-state index contributed by atoms with van der Waals surface area (Å²) in [6.45, 7) is 4.04. The molecule has 0 atom stereocenters. The van der Waals surface area contributed by atoms with Crippen LogP contribution in [-0.2, 0) is 11.4 Å². The van der Waals surface area contributed by atoms with Gasteiger partial charge >= 0.3 is 0 Å². The highest BCUT2D eigenvalue weighted by Gasteiger charge is 2.15. The molecule has 0 saturated heterocycles. The molecule has 1 heterocycles. The van der Waals surface area contributed by atoms with Gasteiger partial charge in [0.1, 0.15) is 29.7 Å². The summed E-state index contributed by atoms with van der Waals surface area (Å²) in [4.78, 5) is 12.1. The van der Waals surface area contributed by atoms with Gasteiger partial charge in [0.05, 0.1) is 0 Å². The molecule has 1 aromatic heterocycles. The Labute approximate surface area is 163 Å². The first-order valence-electron chi connectivity index (χ1n) is 8.83. The van der Waals surface area contributed by atoms with Crippen LogP contribution in [0.2, 0.25) is 0 Å². The minimum atomic E-state index is -0.366. The third-order valence-electron chi connectivity index (χ3n) is 4.29.